The van der Waals surface area contributed by atoms with Crippen molar-refractivity contribution in [2.75, 3.05) is 20.8 Å². The molecule has 0 heterocycles. The van der Waals surface area contributed by atoms with Crippen LogP contribution in [-0.4, -0.2) is 31.5 Å². The van der Waals surface area contributed by atoms with Gasteiger partial charge in [-0.1, -0.05) is 0 Å². The first kappa shape index (κ1) is 13.8. The van der Waals surface area contributed by atoms with E-state index in [0.717, 1.165) is 17.1 Å². The highest BCUT2D eigenvalue weighted by Crippen LogP contribution is 2.22. The lowest BCUT2D eigenvalue weighted by Gasteiger charge is -2.18. The van der Waals surface area contributed by atoms with Gasteiger partial charge in [0.15, 0.2) is 0 Å². The van der Waals surface area contributed by atoms with Gasteiger partial charge in [-0.05, 0) is 31.5 Å². The van der Waals surface area contributed by atoms with Crippen molar-refractivity contribution in [1.82, 2.24) is 5.32 Å². The van der Waals surface area contributed by atoms with Gasteiger partial charge >= 0.3 is 0 Å². The largest absolute Gasteiger partial charge is 0.497 e. The number of ether oxygens (including phenoxy) is 2. The van der Waals surface area contributed by atoms with E-state index >= 15 is 0 Å². The second kappa shape index (κ2) is 5.89. The van der Waals surface area contributed by atoms with Crippen LogP contribution in [0.15, 0.2) is 18.2 Å². The summed E-state index contributed by atoms with van der Waals surface area (Å²) < 4.78 is 10.4. The molecule has 0 aliphatic carbocycles. The Labute approximate surface area is 103 Å². The van der Waals surface area contributed by atoms with Crippen LogP contribution in [0, 0.1) is 0 Å². The van der Waals surface area contributed by atoms with Crippen LogP contribution in [0.5, 0.6) is 11.5 Å². The normalized spacial score (nSPS) is 11.4. The van der Waals surface area contributed by atoms with E-state index in [1.165, 1.54) is 0 Å². The van der Waals surface area contributed by atoms with Crippen molar-refractivity contribution in [2.45, 2.75) is 26.0 Å². The first-order valence-corrected chi connectivity index (χ1v) is 5.59. The third kappa shape index (κ3) is 5.06. The Hall–Kier alpha value is -1.26. The third-order valence-electron chi connectivity index (χ3n) is 2.30. The summed E-state index contributed by atoms with van der Waals surface area (Å²) in [5, 5.41) is 12.8. The zero-order valence-corrected chi connectivity index (χ0v) is 10.9. The number of aliphatic hydroxyl groups is 1. The molecular weight excluding hydrogens is 218 g/mol. The topological polar surface area (TPSA) is 50.7 Å². The molecule has 2 N–H and O–H groups in total. The van der Waals surface area contributed by atoms with E-state index in [1.807, 2.05) is 18.2 Å². The molecule has 4 nitrogen and oxygen atoms in total. The molecule has 0 amide bonds. The van der Waals surface area contributed by atoms with E-state index in [4.69, 9.17) is 9.47 Å². The van der Waals surface area contributed by atoms with Crippen LogP contribution in [0.2, 0.25) is 0 Å². The number of rotatable bonds is 6. The fourth-order valence-electron chi connectivity index (χ4n) is 1.48. The molecule has 0 unspecified atom stereocenters. The molecular formula is C13H21NO3. The summed E-state index contributed by atoms with van der Waals surface area (Å²) in [7, 11) is 3.26. The molecule has 0 bridgehead atoms. The summed E-state index contributed by atoms with van der Waals surface area (Å²) in [5.74, 6) is 1.54. The zero-order valence-electron chi connectivity index (χ0n) is 10.9. The van der Waals surface area contributed by atoms with Crippen molar-refractivity contribution in [2.24, 2.45) is 0 Å². The number of hydrogen-bond donors (Lipinski definition) is 2. The first-order chi connectivity index (χ1) is 7.94. The van der Waals surface area contributed by atoms with E-state index in [0.29, 0.717) is 13.1 Å². The Morgan fingerprint density at radius 3 is 2.06 bits per heavy atom. The molecule has 0 aliphatic rings. The Kier molecular flexibility index (Phi) is 4.78. The molecule has 1 rings (SSSR count). The molecule has 17 heavy (non-hydrogen) atoms. The van der Waals surface area contributed by atoms with Crippen molar-refractivity contribution in [1.29, 1.82) is 0 Å². The van der Waals surface area contributed by atoms with Gasteiger partial charge in [0, 0.05) is 19.2 Å². The summed E-state index contributed by atoms with van der Waals surface area (Å²) in [6.07, 6.45) is 0. The standard InChI is InChI=1S/C13H21NO3/c1-13(2,15)9-14-8-10-5-11(16-3)7-12(6-10)17-4/h5-7,14-15H,8-9H2,1-4H3. The van der Waals surface area contributed by atoms with Crippen LogP contribution in [0.4, 0.5) is 0 Å². The minimum atomic E-state index is -0.705. The summed E-state index contributed by atoms with van der Waals surface area (Å²) in [6.45, 7) is 4.74. The van der Waals surface area contributed by atoms with Crippen molar-refractivity contribution in [3.8, 4) is 11.5 Å². The molecule has 4 heteroatoms. The van der Waals surface area contributed by atoms with Gasteiger partial charge in [0.1, 0.15) is 11.5 Å². The van der Waals surface area contributed by atoms with Crippen LogP contribution in [0.3, 0.4) is 0 Å². The zero-order chi connectivity index (χ0) is 12.9. The minimum Gasteiger partial charge on any atom is -0.497 e. The lowest BCUT2D eigenvalue weighted by molar-refractivity contribution is 0.0795. The van der Waals surface area contributed by atoms with Gasteiger partial charge in [0.25, 0.3) is 0 Å². The molecule has 0 spiro atoms. The number of nitrogens with one attached hydrogen (secondary N) is 1. The highest BCUT2D eigenvalue weighted by molar-refractivity contribution is 5.38. The van der Waals surface area contributed by atoms with Crippen molar-refractivity contribution in [3.05, 3.63) is 23.8 Å². The monoisotopic (exact) mass is 239 g/mol. The highest BCUT2D eigenvalue weighted by Gasteiger charge is 2.11. The van der Waals surface area contributed by atoms with Crippen LogP contribution in [0.25, 0.3) is 0 Å². The van der Waals surface area contributed by atoms with E-state index in [1.54, 1.807) is 28.1 Å². The van der Waals surface area contributed by atoms with Crippen LogP contribution in [-0.2, 0) is 6.54 Å². The quantitative estimate of drug-likeness (QED) is 0.791. The molecule has 0 aliphatic heterocycles. The molecule has 0 saturated carbocycles. The van der Waals surface area contributed by atoms with E-state index in [-0.39, 0.29) is 0 Å². The predicted molar refractivity (Wildman–Crippen MR) is 67.6 cm³/mol. The molecule has 0 atom stereocenters. The van der Waals surface area contributed by atoms with Crippen molar-refractivity contribution < 1.29 is 14.6 Å². The average molecular weight is 239 g/mol. The summed E-state index contributed by atoms with van der Waals surface area (Å²) in [5.41, 5.74) is 0.355. The smallest absolute Gasteiger partial charge is 0.122 e. The molecule has 96 valence electrons. The predicted octanol–water partition coefficient (Wildman–Crippen LogP) is 1.56. The second-order valence-corrected chi connectivity index (χ2v) is 4.64. The van der Waals surface area contributed by atoms with Crippen molar-refractivity contribution >= 4 is 0 Å². The Morgan fingerprint density at radius 2 is 1.65 bits per heavy atom. The van der Waals surface area contributed by atoms with Gasteiger partial charge in [-0.25, -0.2) is 0 Å². The molecule has 0 fully saturated rings. The maximum absolute atomic E-state index is 9.59. The molecule has 1 aromatic rings. The third-order valence-corrected chi connectivity index (χ3v) is 2.30. The molecule has 0 radical (unpaired) electrons. The van der Waals surface area contributed by atoms with E-state index < -0.39 is 5.60 Å². The van der Waals surface area contributed by atoms with Crippen LogP contribution < -0.4 is 14.8 Å². The van der Waals surface area contributed by atoms with Crippen LogP contribution in [0.1, 0.15) is 19.4 Å². The number of benzene rings is 1. The fourth-order valence-corrected chi connectivity index (χ4v) is 1.48. The van der Waals surface area contributed by atoms with Gasteiger partial charge in [-0.3, -0.25) is 0 Å². The Morgan fingerprint density at radius 1 is 1.12 bits per heavy atom. The maximum Gasteiger partial charge on any atom is 0.122 e. The Balaban J connectivity index is 2.64. The molecule has 0 aromatic heterocycles. The number of methoxy groups -OCH3 is 2. The van der Waals surface area contributed by atoms with Crippen molar-refractivity contribution in [3.63, 3.8) is 0 Å². The average Bonchev–Trinajstić information content (AvgIpc) is 2.26. The molecule has 0 saturated heterocycles. The van der Waals surface area contributed by atoms with Gasteiger partial charge in [-0.2, -0.15) is 0 Å². The van der Waals surface area contributed by atoms with E-state index in [2.05, 4.69) is 5.32 Å². The lowest BCUT2D eigenvalue weighted by atomic mass is 10.1. The number of hydrogen-bond acceptors (Lipinski definition) is 4. The van der Waals surface area contributed by atoms with Gasteiger partial charge in [0.2, 0.25) is 0 Å². The first-order valence-electron chi connectivity index (χ1n) is 5.59. The lowest BCUT2D eigenvalue weighted by Crippen LogP contribution is -2.34. The van der Waals surface area contributed by atoms with Crippen LogP contribution >= 0.6 is 0 Å². The second-order valence-electron chi connectivity index (χ2n) is 4.64. The van der Waals surface area contributed by atoms with E-state index in [9.17, 15) is 5.11 Å². The van der Waals surface area contributed by atoms with Gasteiger partial charge in [-0.15, -0.1) is 0 Å². The highest BCUT2D eigenvalue weighted by atomic mass is 16.5. The minimum absolute atomic E-state index is 0.534. The summed E-state index contributed by atoms with van der Waals surface area (Å²) in [4.78, 5) is 0. The summed E-state index contributed by atoms with van der Waals surface area (Å²) in [6, 6.07) is 5.72. The Bertz CT molecular complexity index is 336. The maximum atomic E-state index is 9.59. The van der Waals surface area contributed by atoms with Gasteiger partial charge < -0.3 is 19.9 Å². The SMILES string of the molecule is COc1cc(CNCC(C)(C)O)cc(OC)c1. The molecule has 1 aromatic carbocycles. The van der Waals surface area contributed by atoms with Gasteiger partial charge in [0.05, 0.1) is 19.8 Å². The summed E-state index contributed by atoms with van der Waals surface area (Å²) >= 11 is 0. The fraction of sp³-hybridized carbons (Fsp3) is 0.538.